The van der Waals surface area contributed by atoms with Crippen molar-refractivity contribution in [2.45, 2.75) is 25.5 Å². The number of rotatable bonds is 2. The van der Waals surface area contributed by atoms with Crippen molar-refractivity contribution in [1.29, 1.82) is 0 Å². The number of amides is 1. The van der Waals surface area contributed by atoms with Crippen molar-refractivity contribution < 1.29 is 9.53 Å². The zero-order chi connectivity index (χ0) is 12.0. The summed E-state index contributed by atoms with van der Waals surface area (Å²) in [4.78, 5) is 13.5. The van der Waals surface area contributed by atoms with Crippen LogP contribution in [-0.2, 0) is 9.53 Å². The molecular formula is C13H16N2O2. The molecule has 1 aliphatic carbocycles. The first kappa shape index (κ1) is 10.6. The fourth-order valence-electron chi connectivity index (χ4n) is 2.72. The van der Waals surface area contributed by atoms with Crippen LogP contribution >= 0.6 is 0 Å². The summed E-state index contributed by atoms with van der Waals surface area (Å²) in [6.07, 6.45) is 9.34. The number of nitrogens with two attached hydrogens (primary N) is 1. The number of primary amides is 1. The summed E-state index contributed by atoms with van der Waals surface area (Å²) in [6.45, 7) is 2.38. The lowest BCUT2D eigenvalue weighted by atomic mass is 10.00. The van der Waals surface area contributed by atoms with E-state index in [0.717, 1.165) is 12.1 Å². The number of nitrogens with zero attached hydrogens (tertiary/aromatic N) is 1. The normalized spacial score (nSPS) is 31.7. The maximum absolute atomic E-state index is 11.3. The van der Waals surface area contributed by atoms with Crippen LogP contribution in [0.5, 0.6) is 0 Å². The summed E-state index contributed by atoms with van der Waals surface area (Å²) in [5.74, 6) is -0.584. The SMILES string of the molecule is CC(C(N)=O)C1OCN2C1=CC1=CC=CCC12. The largest absolute Gasteiger partial charge is 0.369 e. The van der Waals surface area contributed by atoms with E-state index in [4.69, 9.17) is 10.5 Å². The van der Waals surface area contributed by atoms with Crippen LogP contribution < -0.4 is 5.73 Å². The molecule has 2 aliphatic heterocycles. The minimum atomic E-state index is -0.306. The number of fused-ring (bicyclic) bond motifs is 3. The Morgan fingerprint density at radius 2 is 2.47 bits per heavy atom. The zero-order valence-corrected chi connectivity index (χ0v) is 9.80. The van der Waals surface area contributed by atoms with E-state index >= 15 is 0 Å². The highest BCUT2D eigenvalue weighted by Gasteiger charge is 2.42. The Bertz CT molecular complexity index is 450. The Morgan fingerprint density at radius 3 is 3.24 bits per heavy atom. The standard InChI is InChI=1S/C13H16N2O2/c1-8(13(14)16)12-11-6-9-4-2-3-5-10(9)15(11)7-17-12/h2-4,6,8,10,12H,5,7H2,1H3,(H2,14,16). The molecule has 4 heteroatoms. The first-order valence-electron chi connectivity index (χ1n) is 5.94. The van der Waals surface area contributed by atoms with Crippen LogP contribution in [0.1, 0.15) is 13.3 Å². The van der Waals surface area contributed by atoms with Crippen LogP contribution in [0.2, 0.25) is 0 Å². The first-order chi connectivity index (χ1) is 8.18. The van der Waals surface area contributed by atoms with Crippen LogP contribution in [0.15, 0.2) is 35.6 Å². The van der Waals surface area contributed by atoms with Gasteiger partial charge in [0.1, 0.15) is 12.8 Å². The van der Waals surface area contributed by atoms with E-state index in [2.05, 4.69) is 29.2 Å². The Balaban J connectivity index is 1.89. The lowest BCUT2D eigenvalue weighted by molar-refractivity contribution is -0.124. The molecule has 17 heavy (non-hydrogen) atoms. The second-order valence-corrected chi connectivity index (χ2v) is 4.79. The highest BCUT2D eigenvalue weighted by molar-refractivity contribution is 5.77. The van der Waals surface area contributed by atoms with Gasteiger partial charge in [-0.25, -0.2) is 0 Å². The van der Waals surface area contributed by atoms with E-state index in [0.29, 0.717) is 12.8 Å². The number of hydrogen-bond donors (Lipinski definition) is 1. The van der Waals surface area contributed by atoms with Gasteiger partial charge in [0.15, 0.2) is 0 Å². The molecule has 2 heterocycles. The topological polar surface area (TPSA) is 55.6 Å². The van der Waals surface area contributed by atoms with E-state index in [-0.39, 0.29) is 17.9 Å². The Kier molecular flexibility index (Phi) is 2.33. The van der Waals surface area contributed by atoms with Gasteiger partial charge in [-0.15, -0.1) is 0 Å². The highest BCUT2D eigenvalue weighted by atomic mass is 16.5. The molecule has 4 nitrogen and oxygen atoms in total. The number of carbonyl (C=O) groups is 1. The zero-order valence-electron chi connectivity index (χ0n) is 9.80. The molecule has 3 rings (SSSR count). The molecule has 3 atom stereocenters. The molecular weight excluding hydrogens is 216 g/mol. The van der Waals surface area contributed by atoms with Crippen LogP contribution in [0.4, 0.5) is 0 Å². The van der Waals surface area contributed by atoms with E-state index in [1.807, 2.05) is 6.92 Å². The van der Waals surface area contributed by atoms with E-state index in [1.165, 1.54) is 5.57 Å². The van der Waals surface area contributed by atoms with Crippen molar-refractivity contribution in [1.82, 2.24) is 4.90 Å². The molecule has 0 aromatic heterocycles. The summed E-state index contributed by atoms with van der Waals surface area (Å²) in [6, 6.07) is 0.389. The van der Waals surface area contributed by atoms with Gasteiger partial charge in [0, 0.05) is 5.70 Å². The molecule has 0 aromatic carbocycles. The van der Waals surface area contributed by atoms with Gasteiger partial charge in [0.2, 0.25) is 5.91 Å². The third kappa shape index (κ3) is 1.52. The predicted octanol–water partition coefficient (Wildman–Crippen LogP) is 0.918. The van der Waals surface area contributed by atoms with Crippen molar-refractivity contribution >= 4 is 5.91 Å². The van der Waals surface area contributed by atoms with Gasteiger partial charge in [0.05, 0.1) is 12.0 Å². The van der Waals surface area contributed by atoms with Crippen molar-refractivity contribution in [3.05, 3.63) is 35.6 Å². The summed E-state index contributed by atoms with van der Waals surface area (Å²) in [5.41, 5.74) is 7.77. The number of hydrogen-bond acceptors (Lipinski definition) is 3. The summed E-state index contributed by atoms with van der Waals surface area (Å²) in [7, 11) is 0. The van der Waals surface area contributed by atoms with E-state index < -0.39 is 0 Å². The second-order valence-electron chi connectivity index (χ2n) is 4.79. The summed E-state index contributed by atoms with van der Waals surface area (Å²) >= 11 is 0. The van der Waals surface area contributed by atoms with Crippen LogP contribution in [0.3, 0.4) is 0 Å². The minimum absolute atomic E-state index is 0.181. The molecule has 90 valence electrons. The minimum Gasteiger partial charge on any atom is -0.369 e. The third-order valence-corrected chi connectivity index (χ3v) is 3.78. The predicted molar refractivity (Wildman–Crippen MR) is 63.6 cm³/mol. The van der Waals surface area contributed by atoms with Crippen molar-refractivity contribution in [2.24, 2.45) is 11.7 Å². The van der Waals surface area contributed by atoms with Gasteiger partial charge in [-0.05, 0) is 18.1 Å². The van der Waals surface area contributed by atoms with Crippen molar-refractivity contribution in [3.63, 3.8) is 0 Å². The lowest BCUT2D eigenvalue weighted by Crippen LogP contribution is -2.33. The highest BCUT2D eigenvalue weighted by Crippen LogP contribution is 2.39. The average Bonchev–Trinajstić information content (AvgIpc) is 2.86. The monoisotopic (exact) mass is 232 g/mol. The average molecular weight is 232 g/mol. The van der Waals surface area contributed by atoms with Crippen LogP contribution in [0.25, 0.3) is 0 Å². The fraction of sp³-hybridized carbons (Fsp3) is 0.462. The molecule has 0 saturated carbocycles. The molecule has 2 N–H and O–H groups in total. The molecule has 3 unspecified atom stereocenters. The van der Waals surface area contributed by atoms with Gasteiger partial charge in [-0.2, -0.15) is 0 Å². The molecule has 0 bridgehead atoms. The Labute approximate surface area is 100 Å². The molecule has 0 spiro atoms. The second kappa shape index (κ2) is 3.74. The van der Waals surface area contributed by atoms with Gasteiger partial charge >= 0.3 is 0 Å². The van der Waals surface area contributed by atoms with Gasteiger partial charge in [0.25, 0.3) is 0 Å². The van der Waals surface area contributed by atoms with Gasteiger partial charge in [-0.1, -0.05) is 25.2 Å². The number of allylic oxidation sites excluding steroid dienone is 2. The van der Waals surface area contributed by atoms with Crippen LogP contribution in [-0.4, -0.2) is 29.7 Å². The first-order valence-corrected chi connectivity index (χ1v) is 5.94. The van der Waals surface area contributed by atoms with Crippen molar-refractivity contribution in [2.75, 3.05) is 6.73 Å². The summed E-state index contributed by atoms with van der Waals surface area (Å²) < 4.78 is 5.70. The van der Waals surface area contributed by atoms with E-state index in [9.17, 15) is 4.79 Å². The smallest absolute Gasteiger partial charge is 0.223 e. The van der Waals surface area contributed by atoms with Crippen LogP contribution in [0, 0.1) is 5.92 Å². The molecule has 1 saturated heterocycles. The number of ether oxygens (including phenoxy) is 1. The maximum Gasteiger partial charge on any atom is 0.223 e. The Morgan fingerprint density at radius 1 is 1.65 bits per heavy atom. The molecule has 1 fully saturated rings. The van der Waals surface area contributed by atoms with Crippen molar-refractivity contribution in [3.8, 4) is 0 Å². The third-order valence-electron chi connectivity index (χ3n) is 3.78. The van der Waals surface area contributed by atoms with Gasteiger partial charge < -0.3 is 15.4 Å². The maximum atomic E-state index is 11.3. The molecule has 0 aromatic rings. The lowest BCUT2D eigenvalue weighted by Gasteiger charge is -2.24. The van der Waals surface area contributed by atoms with E-state index in [1.54, 1.807) is 0 Å². The summed E-state index contributed by atoms with van der Waals surface area (Å²) in [5, 5.41) is 0. The molecule has 0 radical (unpaired) electrons. The Hall–Kier alpha value is -1.55. The number of carbonyl (C=O) groups excluding carboxylic acids is 1. The molecule has 1 amide bonds. The quantitative estimate of drug-likeness (QED) is 0.770. The van der Waals surface area contributed by atoms with Gasteiger partial charge in [-0.3, -0.25) is 4.79 Å². The fourth-order valence-corrected chi connectivity index (χ4v) is 2.72. The molecule has 3 aliphatic rings.